The van der Waals surface area contributed by atoms with E-state index in [1.165, 1.54) is 4.90 Å². The Morgan fingerprint density at radius 2 is 2.06 bits per heavy atom. The number of nitrogens with zero attached hydrogens (tertiary/aromatic N) is 4. The molecule has 0 bridgehead atoms. The van der Waals surface area contributed by atoms with E-state index in [0.717, 1.165) is 48.7 Å². The minimum atomic E-state index is -0.902. The average Bonchev–Trinajstić information content (AvgIpc) is 3.35. The van der Waals surface area contributed by atoms with Gasteiger partial charge in [0, 0.05) is 44.1 Å². The highest BCUT2D eigenvalue weighted by atomic mass is 16.4. The molecule has 10 nitrogen and oxygen atoms in total. The van der Waals surface area contributed by atoms with Crippen LogP contribution in [0.3, 0.4) is 0 Å². The van der Waals surface area contributed by atoms with Crippen LogP contribution in [0, 0.1) is 5.92 Å². The first kappa shape index (κ1) is 22.0. The second kappa shape index (κ2) is 8.19. The first-order chi connectivity index (χ1) is 16.2. The number of nitrogens with one attached hydrogen (secondary N) is 2. The number of carbonyl (C=O) groups is 2. The van der Waals surface area contributed by atoms with Crippen LogP contribution in [0.5, 0.6) is 0 Å². The molecule has 10 heteroatoms. The number of carboxylic acid groups (broad SMARTS) is 1. The molecule has 0 aliphatic carbocycles. The van der Waals surface area contributed by atoms with Crippen LogP contribution in [-0.2, 0) is 10.2 Å². The summed E-state index contributed by atoms with van der Waals surface area (Å²) in [6, 6.07) is 7.58. The average molecular weight is 465 g/mol. The van der Waals surface area contributed by atoms with E-state index in [1.807, 2.05) is 38.1 Å². The number of aromatic nitrogens is 2. The minimum Gasteiger partial charge on any atom is -0.465 e. The fraction of sp³-hybridized carbons (Fsp3) is 0.417. The van der Waals surface area contributed by atoms with Gasteiger partial charge in [-0.25, -0.2) is 9.78 Å². The van der Waals surface area contributed by atoms with Crippen molar-refractivity contribution in [3.05, 3.63) is 36.1 Å². The number of fused-ring (bicyclic) bond motifs is 2. The van der Waals surface area contributed by atoms with Crippen LogP contribution >= 0.6 is 0 Å². The summed E-state index contributed by atoms with van der Waals surface area (Å²) in [6.07, 6.45) is 2.44. The van der Waals surface area contributed by atoms with Gasteiger partial charge in [-0.2, -0.15) is 4.98 Å². The molecule has 2 amide bonds. The second-order valence-corrected chi connectivity index (χ2v) is 9.56. The molecule has 0 unspecified atom stereocenters. The van der Waals surface area contributed by atoms with Gasteiger partial charge in [0.25, 0.3) is 0 Å². The summed E-state index contributed by atoms with van der Waals surface area (Å²) in [5.74, 6) is 1.46. The lowest BCUT2D eigenvalue weighted by atomic mass is 9.86. The van der Waals surface area contributed by atoms with Gasteiger partial charge in [0.15, 0.2) is 11.4 Å². The van der Waals surface area contributed by atoms with Crippen LogP contribution in [0.4, 0.5) is 27.9 Å². The van der Waals surface area contributed by atoms with E-state index < -0.39 is 11.5 Å². The van der Waals surface area contributed by atoms with E-state index in [2.05, 4.69) is 20.5 Å². The molecule has 0 spiro atoms. The Hall–Kier alpha value is -3.82. The zero-order valence-electron chi connectivity index (χ0n) is 19.5. The van der Waals surface area contributed by atoms with Crippen molar-refractivity contribution < 1.29 is 19.1 Å². The third-order valence-corrected chi connectivity index (χ3v) is 6.82. The minimum absolute atomic E-state index is 0.0176. The van der Waals surface area contributed by atoms with E-state index in [1.54, 1.807) is 13.3 Å². The lowest BCUT2D eigenvalue weighted by Gasteiger charge is -2.34. The first-order valence-electron chi connectivity index (χ1n) is 11.4. The predicted molar refractivity (Wildman–Crippen MR) is 129 cm³/mol. The SMILES string of the molecule is CN(CC1CCN(c2nc(Nc3ccc4c(c3)NC(=O)C4(C)C)nc3ccoc23)CC1)C(=O)O. The molecular weight excluding hydrogens is 436 g/mol. The number of amides is 2. The van der Waals surface area contributed by atoms with E-state index >= 15 is 0 Å². The van der Waals surface area contributed by atoms with Crippen molar-refractivity contribution in [1.82, 2.24) is 14.9 Å². The quantitative estimate of drug-likeness (QED) is 0.517. The molecule has 2 aromatic heterocycles. The summed E-state index contributed by atoms with van der Waals surface area (Å²) in [7, 11) is 1.61. The number of hydrogen-bond acceptors (Lipinski definition) is 7. The smallest absolute Gasteiger partial charge is 0.407 e. The Morgan fingerprint density at radius 3 is 2.79 bits per heavy atom. The van der Waals surface area contributed by atoms with Gasteiger partial charge in [-0.1, -0.05) is 6.07 Å². The normalized spacial score (nSPS) is 17.5. The zero-order valence-corrected chi connectivity index (χ0v) is 19.5. The summed E-state index contributed by atoms with van der Waals surface area (Å²) in [4.78, 5) is 36.3. The van der Waals surface area contributed by atoms with Crippen molar-refractivity contribution >= 4 is 46.2 Å². The molecule has 34 heavy (non-hydrogen) atoms. The van der Waals surface area contributed by atoms with E-state index in [9.17, 15) is 9.59 Å². The van der Waals surface area contributed by atoms with Gasteiger partial charge in [0.05, 0.1) is 11.7 Å². The van der Waals surface area contributed by atoms with Gasteiger partial charge in [-0.3, -0.25) is 4.79 Å². The Balaban J connectivity index is 1.36. The summed E-state index contributed by atoms with van der Waals surface area (Å²) < 4.78 is 5.70. The first-order valence-corrected chi connectivity index (χ1v) is 11.4. The molecule has 3 N–H and O–H groups in total. The Morgan fingerprint density at radius 1 is 1.29 bits per heavy atom. The molecule has 1 aromatic carbocycles. The van der Waals surface area contributed by atoms with Crippen molar-refractivity contribution in [3.8, 4) is 0 Å². The van der Waals surface area contributed by atoms with Crippen LogP contribution in [-0.4, -0.2) is 58.7 Å². The lowest BCUT2D eigenvalue weighted by Crippen LogP contribution is -2.39. The highest BCUT2D eigenvalue weighted by molar-refractivity contribution is 6.06. The van der Waals surface area contributed by atoms with Crippen LogP contribution < -0.4 is 15.5 Å². The number of rotatable bonds is 5. The van der Waals surface area contributed by atoms with Crippen LogP contribution in [0.15, 0.2) is 34.9 Å². The van der Waals surface area contributed by atoms with Crippen molar-refractivity contribution in [2.75, 3.05) is 42.2 Å². The monoisotopic (exact) mass is 464 g/mol. The van der Waals surface area contributed by atoms with Crippen LogP contribution in [0.25, 0.3) is 11.1 Å². The maximum atomic E-state index is 12.3. The molecule has 4 heterocycles. The zero-order chi connectivity index (χ0) is 24.0. The summed E-state index contributed by atoms with van der Waals surface area (Å²) in [5.41, 5.74) is 3.31. The summed E-state index contributed by atoms with van der Waals surface area (Å²) >= 11 is 0. The molecule has 0 atom stereocenters. The molecule has 2 aliphatic rings. The number of carbonyl (C=O) groups excluding carboxylic acids is 1. The van der Waals surface area contributed by atoms with Crippen LogP contribution in [0.1, 0.15) is 32.3 Å². The third kappa shape index (κ3) is 3.89. The number of hydrogen-bond donors (Lipinski definition) is 3. The van der Waals surface area contributed by atoms with Gasteiger partial charge < -0.3 is 30.0 Å². The highest BCUT2D eigenvalue weighted by Gasteiger charge is 2.38. The van der Waals surface area contributed by atoms with Gasteiger partial charge >= 0.3 is 6.09 Å². The van der Waals surface area contributed by atoms with E-state index in [0.29, 0.717) is 29.5 Å². The van der Waals surface area contributed by atoms with Crippen molar-refractivity contribution in [1.29, 1.82) is 0 Å². The standard InChI is InChI=1S/C24H28N6O4/c1-24(2)16-5-4-15(12-18(16)26-21(24)31)25-22-27-17-8-11-34-19(17)20(28-22)30-9-6-14(7-10-30)13-29(3)23(32)33/h4-5,8,11-12,14H,6-7,9-10,13H2,1-3H3,(H,26,31)(H,32,33)(H,25,27,28). The molecule has 0 radical (unpaired) electrons. The fourth-order valence-electron chi connectivity index (χ4n) is 4.71. The lowest BCUT2D eigenvalue weighted by molar-refractivity contribution is -0.119. The summed E-state index contributed by atoms with van der Waals surface area (Å²) in [5, 5.41) is 15.4. The summed E-state index contributed by atoms with van der Waals surface area (Å²) in [6.45, 7) is 5.86. The van der Waals surface area contributed by atoms with Crippen molar-refractivity contribution in [2.24, 2.45) is 5.92 Å². The van der Waals surface area contributed by atoms with E-state index in [4.69, 9.17) is 14.5 Å². The highest BCUT2D eigenvalue weighted by Crippen LogP contribution is 2.39. The molecule has 1 saturated heterocycles. The molecule has 2 aliphatic heterocycles. The molecular formula is C24H28N6O4. The maximum absolute atomic E-state index is 12.3. The predicted octanol–water partition coefficient (Wildman–Crippen LogP) is 4.02. The number of piperidine rings is 1. The van der Waals surface area contributed by atoms with Gasteiger partial charge in [-0.05, 0) is 50.3 Å². The molecule has 0 saturated carbocycles. The molecule has 3 aromatic rings. The van der Waals surface area contributed by atoms with Crippen molar-refractivity contribution in [3.63, 3.8) is 0 Å². The largest absolute Gasteiger partial charge is 0.465 e. The Kier molecular flexibility index (Phi) is 5.30. The maximum Gasteiger partial charge on any atom is 0.407 e. The van der Waals surface area contributed by atoms with E-state index in [-0.39, 0.29) is 5.91 Å². The topological polar surface area (TPSA) is 124 Å². The fourth-order valence-corrected chi connectivity index (χ4v) is 4.71. The number of benzene rings is 1. The van der Waals surface area contributed by atoms with Crippen LogP contribution in [0.2, 0.25) is 0 Å². The van der Waals surface area contributed by atoms with Crippen molar-refractivity contribution in [2.45, 2.75) is 32.1 Å². The Labute approximate surface area is 197 Å². The molecule has 5 rings (SSSR count). The van der Waals surface area contributed by atoms with Gasteiger partial charge in [0.2, 0.25) is 11.9 Å². The van der Waals surface area contributed by atoms with Gasteiger partial charge in [-0.15, -0.1) is 0 Å². The third-order valence-electron chi connectivity index (χ3n) is 6.82. The Bertz CT molecular complexity index is 1260. The number of anilines is 4. The molecule has 178 valence electrons. The molecule has 1 fully saturated rings. The van der Waals surface area contributed by atoms with Gasteiger partial charge in [0.1, 0.15) is 5.52 Å². The number of furan rings is 1. The second-order valence-electron chi connectivity index (χ2n) is 9.56.